The van der Waals surface area contributed by atoms with Crippen molar-refractivity contribution in [1.82, 2.24) is 9.88 Å². The molecule has 1 unspecified atom stereocenters. The molecular formula is C27H24N2O5. The summed E-state index contributed by atoms with van der Waals surface area (Å²) in [5, 5.41) is 12.3. The second-order valence-electron chi connectivity index (χ2n) is 8.40. The van der Waals surface area contributed by atoms with E-state index in [2.05, 4.69) is 4.98 Å². The molecule has 3 heterocycles. The molecule has 1 saturated heterocycles. The Bertz CT molecular complexity index is 1450. The lowest BCUT2D eigenvalue weighted by Crippen LogP contribution is -2.29. The summed E-state index contributed by atoms with van der Waals surface area (Å²) in [6, 6.07) is 15.6. The number of aromatic nitrogens is 1. The number of para-hydroxylation sites is 1. The zero-order valence-electron chi connectivity index (χ0n) is 19.1. The number of aliphatic hydroxyl groups excluding tert-OH is 1. The van der Waals surface area contributed by atoms with Gasteiger partial charge >= 0.3 is 0 Å². The Labute approximate surface area is 196 Å². The molecule has 1 aliphatic rings. The number of hydrogen-bond acceptors (Lipinski definition) is 5. The topological polar surface area (TPSA) is 95.8 Å². The molecule has 0 saturated carbocycles. The van der Waals surface area contributed by atoms with Gasteiger partial charge in [0.2, 0.25) is 0 Å². The van der Waals surface area contributed by atoms with E-state index in [0.717, 1.165) is 27.7 Å². The van der Waals surface area contributed by atoms with Gasteiger partial charge in [-0.1, -0.05) is 18.2 Å². The Morgan fingerprint density at radius 3 is 2.62 bits per heavy atom. The number of likely N-dealkylation sites (tertiary alicyclic amines) is 1. The summed E-state index contributed by atoms with van der Waals surface area (Å²) in [5.41, 5.74) is 3.77. The van der Waals surface area contributed by atoms with Gasteiger partial charge in [0.15, 0.2) is 0 Å². The second kappa shape index (κ2) is 8.26. The van der Waals surface area contributed by atoms with E-state index in [-0.39, 0.29) is 17.9 Å². The van der Waals surface area contributed by atoms with E-state index in [4.69, 9.17) is 9.15 Å². The van der Waals surface area contributed by atoms with Gasteiger partial charge in [-0.05, 0) is 55.8 Å². The summed E-state index contributed by atoms with van der Waals surface area (Å²) in [5.74, 6) is -0.422. The Kier molecular flexibility index (Phi) is 5.24. The standard InChI is InChI=1S/C27H24N2O5/c1-15-13-17(10-11-21(15)33-3)25(30)23-24(22-16(2)28-20-9-5-4-8-19(20)22)29(27(32)26(23)31)14-18-7-6-12-34-18/h4-13,24,28,30H,14H2,1-3H3/b25-23+. The van der Waals surface area contributed by atoms with E-state index in [1.165, 1.54) is 11.2 Å². The third-order valence-corrected chi connectivity index (χ3v) is 6.33. The maximum atomic E-state index is 13.3. The lowest BCUT2D eigenvalue weighted by atomic mass is 9.93. The number of H-pyrrole nitrogens is 1. The number of aromatic amines is 1. The van der Waals surface area contributed by atoms with Gasteiger partial charge in [0, 0.05) is 27.7 Å². The molecule has 5 rings (SSSR count). The largest absolute Gasteiger partial charge is 0.507 e. The Morgan fingerprint density at radius 1 is 1.12 bits per heavy atom. The fourth-order valence-corrected chi connectivity index (χ4v) is 4.75. The third kappa shape index (κ3) is 3.37. The fraction of sp³-hybridized carbons (Fsp3) is 0.185. The number of hydrogen-bond donors (Lipinski definition) is 2. The molecule has 0 bridgehead atoms. The van der Waals surface area contributed by atoms with E-state index >= 15 is 0 Å². The maximum Gasteiger partial charge on any atom is 0.296 e. The summed E-state index contributed by atoms with van der Waals surface area (Å²) in [7, 11) is 1.57. The quantitative estimate of drug-likeness (QED) is 0.250. The number of fused-ring (bicyclic) bond motifs is 1. The zero-order valence-corrected chi connectivity index (χ0v) is 19.1. The highest BCUT2D eigenvalue weighted by atomic mass is 16.5. The van der Waals surface area contributed by atoms with Crippen molar-refractivity contribution in [1.29, 1.82) is 0 Å². The van der Waals surface area contributed by atoms with Crippen LogP contribution in [0.1, 0.15) is 34.2 Å². The van der Waals surface area contributed by atoms with Crippen LogP contribution < -0.4 is 4.74 Å². The molecule has 2 aromatic carbocycles. The SMILES string of the molecule is COc1ccc(/C(O)=C2\C(=O)C(=O)N(Cc3ccco3)C2c2c(C)[nH]c3ccccc23)cc1C. The predicted molar refractivity (Wildman–Crippen MR) is 127 cm³/mol. The predicted octanol–water partition coefficient (Wildman–Crippen LogP) is 5.01. The van der Waals surface area contributed by atoms with Gasteiger partial charge in [-0.15, -0.1) is 0 Å². The highest BCUT2D eigenvalue weighted by molar-refractivity contribution is 6.46. The van der Waals surface area contributed by atoms with Crippen molar-refractivity contribution >= 4 is 28.4 Å². The molecule has 1 amide bonds. The van der Waals surface area contributed by atoms with E-state index in [9.17, 15) is 14.7 Å². The number of nitrogens with one attached hydrogen (secondary N) is 1. The Morgan fingerprint density at radius 2 is 1.91 bits per heavy atom. The second-order valence-corrected chi connectivity index (χ2v) is 8.40. The monoisotopic (exact) mass is 456 g/mol. The van der Waals surface area contributed by atoms with Gasteiger partial charge in [-0.25, -0.2) is 0 Å². The minimum atomic E-state index is -0.788. The molecular weight excluding hydrogens is 432 g/mol. The number of carbonyl (C=O) groups is 2. The van der Waals surface area contributed by atoms with E-state index in [1.54, 1.807) is 37.4 Å². The fourth-order valence-electron chi connectivity index (χ4n) is 4.75. The molecule has 1 fully saturated rings. The van der Waals surface area contributed by atoms with Crippen molar-refractivity contribution in [2.75, 3.05) is 7.11 Å². The van der Waals surface area contributed by atoms with Crippen LogP contribution in [0.25, 0.3) is 16.7 Å². The van der Waals surface area contributed by atoms with Gasteiger partial charge in [0.05, 0.1) is 31.5 Å². The number of rotatable bonds is 5. The number of ketones is 1. The molecule has 2 aromatic heterocycles. The number of aliphatic hydroxyl groups is 1. The van der Waals surface area contributed by atoms with Crippen molar-refractivity contribution in [3.05, 3.63) is 94.6 Å². The summed E-state index contributed by atoms with van der Waals surface area (Å²) in [6.45, 7) is 3.85. The number of amides is 1. The van der Waals surface area contributed by atoms with E-state index in [0.29, 0.717) is 17.1 Å². The van der Waals surface area contributed by atoms with Gasteiger partial charge in [-0.3, -0.25) is 9.59 Å². The van der Waals surface area contributed by atoms with Gasteiger partial charge < -0.3 is 24.1 Å². The molecule has 34 heavy (non-hydrogen) atoms. The summed E-state index contributed by atoms with van der Waals surface area (Å²) < 4.78 is 10.8. The number of nitrogens with zero attached hydrogens (tertiary/aromatic N) is 1. The molecule has 2 N–H and O–H groups in total. The van der Waals surface area contributed by atoms with Crippen LogP contribution >= 0.6 is 0 Å². The highest BCUT2D eigenvalue weighted by Gasteiger charge is 2.47. The molecule has 1 aliphatic heterocycles. The number of Topliss-reactive ketones (excluding diaryl/α,β-unsaturated/α-hetero) is 1. The van der Waals surface area contributed by atoms with Crippen molar-refractivity contribution in [2.45, 2.75) is 26.4 Å². The number of ether oxygens (including phenoxy) is 1. The van der Waals surface area contributed by atoms with Crippen molar-refractivity contribution < 1.29 is 23.8 Å². The van der Waals surface area contributed by atoms with Crippen LogP contribution in [0.15, 0.2) is 70.9 Å². The average Bonchev–Trinajstić information content (AvgIpc) is 3.52. The molecule has 0 radical (unpaired) electrons. The van der Waals surface area contributed by atoms with Crippen molar-refractivity contribution in [3.8, 4) is 5.75 Å². The van der Waals surface area contributed by atoms with E-state index < -0.39 is 17.7 Å². The van der Waals surface area contributed by atoms with E-state index in [1.807, 2.05) is 38.1 Å². The maximum absolute atomic E-state index is 13.3. The van der Waals surface area contributed by atoms with Gasteiger partial charge in [0.1, 0.15) is 17.3 Å². The summed E-state index contributed by atoms with van der Waals surface area (Å²) in [4.78, 5) is 31.4. The van der Waals surface area contributed by atoms with Gasteiger partial charge in [-0.2, -0.15) is 0 Å². The molecule has 0 spiro atoms. The normalized spacial score (nSPS) is 17.6. The number of carbonyl (C=O) groups excluding carboxylic acids is 2. The Hall–Kier alpha value is -4.26. The number of methoxy groups -OCH3 is 1. The molecule has 7 nitrogen and oxygen atoms in total. The van der Waals surface area contributed by atoms with Gasteiger partial charge in [0.25, 0.3) is 11.7 Å². The smallest absolute Gasteiger partial charge is 0.296 e. The number of benzene rings is 2. The first kappa shape index (κ1) is 21.6. The van der Waals surface area contributed by atoms with Crippen molar-refractivity contribution in [3.63, 3.8) is 0 Å². The number of furan rings is 1. The molecule has 7 heteroatoms. The lowest BCUT2D eigenvalue weighted by Gasteiger charge is -2.25. The summed E-state index contributed by atoms with van der Waals surface area (Å²) in [6.07, 6.45) is 1.53. The molecule has 1 atom stereocenters. The first-order chi connectivity index (χ1) is 16.4. The molecule has 172 valence electrons. The minimum absolute atomic E-state index is 0.0500. The van der Waals surface area contributed by atoms with Crippen molar-refractivity contribution in [2.24, 2.45) is 0 Å². The number of aryl methyl sites for hydroxylation is 2. The first-order valence-electron chi connectivity index (χ1n) is 10.9. The third-order valence-electron chi connectivity index (χ3n) is 6.33. The highest BCUT2D eigenvalue weighted by Crippen LogP contribution is 2.44. The van der Waals surface area contributed by atoms with Crippen LogP contribution in [0.5, 0.6) is 5.75 Å². The van der Waals surface area contributed by atoms with Crippen LogP contribution in [0.2, 0.25) is 0 Å². The molecule has 4 aromatic rings. The Balaban J connectivity index is 1.74. The van der Waals surface area contributed by atoms with Crippen LogP contribution in [0, 0.1) is 13.8 Å². The first-order valence-corrected chi connectivity index (χ1v) is 10.9. The molecule has 0 aliphatic carbocycles. The lowest BCUT2D eigenvalue weighted by molar-refractivity contribution is -0.140. The minimum Gasteiger partial charge on any atom is -0.507 e. The van der Waals surface area contributed by atoms with Crippen LogP contribution in [-0.2, 0) is 16.1 Å². The van der Waals surface area contributed by atoms with Crippen LogP contribution in [-0.4, -0.2) is 33.8 Å². The average molecular weight is 456 g/mol. The van der Waals surface area contributed by atoms with Crippen LogP contribution in [0.3, 0.4) is 0 Å². The summed E-state index contributed by atoms with van der Waals surface area (Å²) >= 11 is 0. The zero-order chi connectivity index (χ0) is 24.0. The van der Waals surface area contributed by atoms with Crippen LogP contribution in [0.4, 0.5) is 0 Å².